The largest absolute Gasteiger partial charge is 0.480 e. The number of phosphoric acid groups is 1. The first-order chi connectivity index (χ1) is 25.1. The summed E-state index contributed by atoms with van der Waals surface area (Å²) in [5, 5.41) is 8.86. The number of rotatable bonds is 40. The molecule has 0 aromatic rings. The lowest BCUT2D eigenvalue weighted by Gasteiger charge is -2.20. The van der Waals surface area contributed by atoms with Crippen molar-refractivity contribution < 1.29 is 47.5 Å². The van der Waals surface area contributed by atoms with Gasteiger partial charge in [0, 0.05) is 12.8 Å². The molecule has 11 nitrogen and oxygen atoms in total. The van der Waals surface area contributed by atoms with E-state index in [9.17, 15) is 23.8 Å². The molecule has 0 aliphatic rings. The Hall–Kier alpha value is -1.52. The van der Waals surface area contributed by atoms with Crippen LogP contribution in [0.5, 0.6) is 0 Å². The van der Waals surface area contributed by atoms with Gasteiger partial charge in [-0.25, -0.2) is 4.57 Å². The molecule has 0 aromatic heterocycles. The minimum Gasteiger partial charge on any atom is -0.480 e. The molecule has 308 valence electrons. The van der Waals surface area contributed by atoms with E-state index >= 15 is 0 Å². The molecule has 0 amide bonds. The van der Waals surface area contributed by atoms with Crippen LogP contribution in [0.25, 0.3) is 0 Å². The van der Waals surface area contributed by atoms with Crippen molar-refractivity contribution in [1.82, 2.24) is 0 Å². The molecule has 0 rings (SSSR count). The van der Waals surface area contributed by atoms with E-state index in [1.807, 2.05) is 0 Å². The van der Waals surface area contributed by atoms with Crippen molar-refractivity contribution in [1.29, 1.82) is 0 Å². The van der Waals surface area contributed by atoms with Crippen molar-refractivity contribution in [3.8, 4) is 0 Å². The minimum atomic E-state index is -4.70. The van der Waals surface area contributed by atoms with Crippen molar-refractivity contribution >= 4 is 25.7 Å². The zero-order valence-corrected chi connectivity index (χ0v) is 34.1. The van der Waals surface area contributed by atoms with Gasteiger partial charge in [-0.3, -0.25) is 23.4 Å². The van der Waals surface area contributed by atoms with Crippen molar-refractivity contribution in [3.63, 3.8) is 0 Å². The summed E-state index contributed by atoms with van der Waals surface area (Å²) in [6.07, 6.45) is 33.3. The lowest BCUT2D eigenvalue weighted by atomic mass is 10.0. The average molecular weight is 764 g/mol. The van der Waals surface area contributed by atoms with Crippen LogP contribution in [-0.2, 0) is 37.5 Å². The Morgan fingerprint density at radius 2 is 0.846 bits per heavy atom. The number of hydrogen-bond acceptors (Lipinski definition) is 9. The van der Waals surface area contributed by atoms with Gasteiger partial charge in [-0.1, -0.05) is 181 Å². The predicted molar refractivity (Wildman–Crippen MR) is 208 cm³/mol. The third-order valence-corrected chi connectivity index (χ3v) is 10.3. The summed E-state index contributed by atoms with van der Waals surface area (Å²) in [5.41, 5.74) is 5.32. The van der Waals surface area contributed by atoms with Gasteiger partial charge in [0.05, 0.1) is 13.2 Å². The lowest BCUT2D eigenvalue weighted by molar-refractivity contribution is -0.161. The summed E-state index contributed by atoms with van der Waals surface area (Å²) in [6, 6.07) is -1.51. The van der Waals surface area contributed by atoms with E-state index in [-0.39, 0.29) is 19.4 Å². The third-order valence-electron chi connectivity index (χ3n) is 9.36. The molecule has 52 heavy (non-hydrogen) atoms. The van der Waals surface area contributed by atoms with Crippen LogP contribution in [-0.4, -0.2) is 59.9 Å². The Labute approximate surface area is 316 Å². The second kappa shape index (κ2) is 36.5. The molecule has 0 saturated carbocycles. The van der Waals surface area contributed by atoms with Gasteiger partial charge in [-0.15, -0.1) is 0 Å². The van der Waals surface area contributed by atoms with Gasteiger partial charge in [0.15, 0.2) is 6.10 Å². The summed E-state index contributed by atoms with van der Waals surface area (Å²) in [4.78, 5) is 45.7. The van der Waals surface area contributed by atoms with E-state index in [0.29, 0.717) is 12.8 Å². The number of esters is 2. The highest BCUT2D eigenvalue weighted by atomic mass is 31.2. The van der Waals surface area contributed by atoms with Crippen LogP contribution in [0.1, 0.15) is 206 Å². The Morgan fingerprint density at radius 1 is 0.519 bits per heavy atom. The first kappa shape index (κ1) is 50.5. The van der Waals surface area contributed by atoms with Crippen molar-refractivity contribution in [2.45, 2.75) is 219 Å². The van der Waals surface area contributed by atoms with Gasteiger partial charge in [-0.05, 0) is 12.8 Å². The molecule has 0 radical (unpaired) electrons. The van der Waals surface area contributed by atoms with Crippen LogP contribution in [0.2, 0.25) is 0 Å². The predicted octanol–water partition coefficient (Wildman–Crippen LogP) is 10.7. The lowest BCUT2D eigenvalue weighted by Crippen LogP contribution is -2.34. The monoisotopic (exact) mass is 764 g/mol. The van der Waals surface area contributed by atoms with E-state index in [4.69, 9.17) is 24.8 Å². The van der Waals surface area contributed by atoms with E-state index in [1.165, 1.54) is 128 Å². The minimum absolute atomic E-state index is 0.169. The highest BCUT2D eigenvalue weighted by Crippen LogP contribution is 2.43. The zero-order chi connectivity index (χ0) is 38.5. The Morgan fingerprint density at radius 3 is 1.21 bits per heavy atom. The number of hydrogen-bond donors (Lipinski definition) is 3. The second-order valence-corrected chi connectivity index (χ2v) is 15.9. The van der Waals surface area contributed by atoms with E-state index in [2.05, 4.69) is 18.4 Å². The summed E-state index contributed by atoms with van der Waals surface area (Å²) < 4.78 is 32.6. The zero-order valence-electron chi connectivity index (χ0n) is 33.2. The molecule has 12 heteroatoms. The number of ether oxygens (including phenoxy) is 2. The van der Waals surface area contributed by atoms with Gasteiger partial charge in [0.1, 0.15) is 12.6 Å². The standard InChI is InChI=1S/C40H78NO10P/c1-3-5-7-9-11-13-14-15-16-17-18-19-20-21-22-23-24-26-28-30-32-39(43)51-36(34-49-52(46,47)50-35-37(41)40(44)45)33-48-38(42)31-29-27-25-12-10-8-6-4-2/h36-37H,3-35,41H2,1-2H3,(H,44,45)(H,46,47). The Kier molecular flexibility index (Phi) is 35.4. The number of carboxylic acids is 1. The van der Waals surface area contributed by atoms with Gasteiger partial charge in [0.25, 0.3) is 0 Å². The van der Waals surface area contributed by atoms with Crippen LogP contribution in [0.4, 0.5) is 0 Å². The maximum absolute atomic E-state index is 12.6. The smallest absolute Gasteiger partial charge is 0.472 e. The third kappa shape index (κ3) is 35.5. The van der Waals surface area contributed by atoms with Gasteiger partial charge in [0.2, 0.25) is 0 Å². The number of phosphoric ester groups is 1. The second-order valence-electron chi connectivity index (χ2n) is 14.5. The van der Waals surface area contributed by atoms with Gasteiger partial charge < -0.3 is 25.2 Å². The molecule has 4 N–H and O–H groups in total. The van der Waals surface area contributed by atoms with E-state index in [1.54, 1.807) is 0 Å². The van der Waals surface area contributed by atoms with Crippen LogP contribution in [0.15, 0.2) is 0 Å². The number of carbonyl (C=O) groups excluding carboxylic acids is 2. The highest BCUT2D eigenvalue weighted by Gasteiger charge is 2.28. The maximum atomic E-state index is 12.6. The summed E-state index contributed by atoms with van der Waals surface area (Å²) in [7, 11) is -4.70. The SMILES string of the molecule is CCCCCCCCCCCCCCCCCCCCCCC(=O)OC(COC(=O)CCCCCCCCCC)COP(=O)(O)OCC(N)C(=O)O. The van der Waals surface area contributed by atoms with Crippen molar-refractivity contribution in [2.24, 2.45) is 5.73 Å². The molecule has 0 spiro atoms. The molecular weight excluding hydrogens is 685 g/mol. The summed E-state index contributed by atoms with van der Waals surface area (Å²) >= 11 is 0. The molecule has 0 aliphatic carbocycles. The molecule has 0 bridgehead atoms. The van der Waals surface area contributed by atoms with E-state index in [0.717, 1.165) is 38.5 Å². The molecule has 0 fully saturated rings. The first-order valence-electron chi connectivity index (χ1n) is 21.1. The fraction of sp³-hybridized carbons (Fsp3) is 0.925. The normalized spacial score (nSPS) is 13.8. The topological polar surface area (TPSA) is 172 Å². The fourth-order valence-corrected chi connectivity index (χ4v) is 6.79. The Balaban J connectivity index is 4.21. The number of nitrogens with two attached hydrogens (primary N) is 1. The number of carbonyl (C=O) groups is 3. The molecule has 3 atom stereocenters. The first-order valence-corrected chi connectivity index (χ1v) is 22.6. The van der Waals surface area contributed by atoms with Gasteiger partial charge >= 0.3 is 25.7 Å². The molecule has 3 unspecified atom stereocenters. The van der Waals surface area contributed by atoms with E-state index < -0.39 is 51.1 Å². The van der Waals surface area contributed by atoms with Crippen LogP contribution >= 0.6 is 7.82 Å². The molecule has 0 heterocycles. The average Bonchev–Trinajstić information content (AvgIpc) is 3.12. The maximum Gasteiger partial charge on any atom is 0.472 e. The number of unbranched alkanes of at least 4 members (excludes halogenated alkanes) is 26. The molecular formula is C40H78NO10P. The van der Waals surface area contributed by atoms with Crippen molar-refractivity contribution in [3.05, 3.63) is 0 Å². The van der Waals surface area contributed by atoms with Crippen LogP contribution < -0.4 is 5.73 Å². The number of aliphatic carboxylic acids is 1. The quantitative estimate of drug-likeness (QED) is 0.0308. The number of carboxylic acid groups (broad SMARTS) is 1. The van der Waals surface area contributed by atoms with Gasteiger partial charge in [-0.2, -0.15) is 0 Å². The molecule has 0 aliphatic heterocycles. The molecule has 0 aromatic carbocycles. The molecule has 0 saturated heterocycles. The highest BCUT2D eigenvalue weighted by molar-refractivity contribution is 7.47. The van der Waals surface area contributed by atoms with Crippen LogP contribution in [0.3, 0.4) is 0 Å². The Bertz CT molecular complexity index is 906. The van der Waals surface area contributed by atoms with Crippen molar-refractivity contribution in [2.75, 3.05) is 19.8 Å². The summed E-state index contributed by atoms with van der Waals surface area (Å²) in [5.74, 6) is -2.37. The fourth-order valence-electron chi connectivity index (χ4n) is 6.01. The van der Waals surface area contributed by atoms with Crippen LogP contribution in [0, 0.1) is 0 Å². The summed E-state index contributed by atoms with van der Waals surface area (Å²) in [6.45, 7) is 2.78.